The third-order valence-corrected chi connectivity index (χ3v) is 5.87. The normalized spacial score (nSPS) is 29.9. The van der Waals surface area contributed by atoms with Crippen molar-refractivity contribution in [3.63, 3.8) is 0 Å². The predicted octanol–water partition coefficient (Wildman–Crippen LogP) is 2.34. The molecular weight excluding hydrogens is 299 g/mol. The summed E-state index contributed by atoms with van der Waals surface area (Å²) < 4.78 is -0.967. The van der Waals surface area contributed by atoms with Gasteiger partial charge in [0.2, 0.25) is 11.8 Å². The van der Waals surface area contributed by atoms with Gasteiger partial charge in [-0.1, -0.05) is 12.8 Å². The Balaban J connectivity index is 2.01. The number of hydrogen-bond acceptors (Lipinski definition) is 2. The number of carbonyl (C=O) groups is 2. The Morgan fingerprint density at radius 2 is 1.70 bits per heavy atom. The highest BCUT2D eigenvalue weighted by Crippen LogP contribution is 2.63. The molecule has 0 aromatic rings. The first-order chi connectivity index (χ1) is 9.15. The maximum Gasteiger partial charge on any atom is 0.230 e. The molecule has 0 aliphatic heterocycles. The molecule has 0 spiro atoms. The van der Waals surface area contributed by atoms with Crippen molar-refractivity contribution in [3.8, 4) is 0 Å². The van der Waals surface area contributed by atoms with Crippen molar-refractivity contribution in [1.82, 2.24) is 10.2 Å². The number of alkyl halides is 2. The molecule has 0 saturated heterocycles. The molecular formula is C14H22Cl2N2O2. The van der Waals surface area contributed by atoms with Crippen LogP contribution in [0.1, 0.15) is 39.0 Å². The number of rotatable bonds is 4. The minimum absolute atomic E-state index is 0.0965. The van der Waals surface area contributed by atoms with Crippen molar-refractivity contribution in [1.29, 1.82) is 0 Å². The number of carbonyl (C=O) groups excluding carboxylic acids is 2. The van der Waals surface area contributed by atoms with E-state index in [1.807, 2.05) is 0 Å². The van der Waals surface area contributed by atoms with E-state index >= 15 is 0 Å². The first-order valence-corrected chi connectivity index (χ1v) is 7.78. The molecule has 2 amide bonds. The molecule has 2 aliphatic carbocycles. The van der Waals surface area contributed by atoms with Crippen LogP contribution in [0.15, 0.2) is 0 Å². The van der Waals surface area contributed by atoms with Gasteiger partial charge in [0.05, 0.1) is 10.8 Å². The van der Waals surface area contributed by atoms with Gasteiger partial charge >= 0.3 is 0 Å². The molecule has 0 radical (unpaired) electrons. The lowest BCUT2D eigenvalue weighted by Gasteiger charge is -2.31. The van der Waals surface area contributed by atoms with Crippen LogP contribution in [0.25, 0.3) is 0 Å². The number of hydrogen-bond donors (Lipinski definition) is 1. The van der Waals surface area contributed by atoms with Gasteiger partial charge in [-0.2, -0.15) is 0 Å². The molecule has 2 aliphatic rings. The third-order valence-electron chi connectivity index (χ3n) is 4.77. The van der Waals surface area contributed by atoms with E-state index in [2.05, 4.69) is 5.32 Å². The van der Waals surface area contributed by atoms with Crippen molar-refractivity contribution in [2.45, 2.75) is 43.4 Å². The number of amides is 2. The van der Waals surface area contributed by atoms with Crippen LogP contribution in [0.4, 0.5) is 0 Å². The van der Waals surface area contributed by atoms with Gasteiger partial charge in [0, 0.05) is 20.6 Å². The fourth-order valence-electron chi connectivity index (χ4n) is 3.08. The van der Waals surface area contributed by atoms with E-state index < -0.39 is 15.2 Å². The van der Waals surface area contributed by atoms with Gasteiger partial charge in [0.15, 0.2) is 0 Å². The molecule has 114 valence electrons. The number of nitrogens with zero attached hydrogens (tertiary/aromatic N) is 1. The van der Waals surface area contributed by atoms with Crippen LogP contribution in [-0.2, 0) is 9.59 Å². The van der Waals surface area contributed by atoms with E-state index in [0.29, 0.717) is 13.0 Å². The van der Waals surface area contributed by atoms with Crippen LogP contribution in [0, 0.1) is 10.8 Å². The lowest BCUT2D eigenvalue weighted by molar-refractivity contribution is -0.139. The highest BCUT2D eigenvalue weighted by molar-refractivity contribution is 6.53. The third kappa shape index (κ3) is 2.52. The first kappa shape index (κ1) is 15.9. The van der Waals surface area contributed by atoms with Crippen LogP contribution >= 0.6 is 23.2 Å². The van der Waals surface area contributed by atoms with Gasteiger partial charge in [-0.3, -0.25) is 9.59 Å². The van der Waals surface area contributed by atoms with Crippen molar-refractivity contribution in [2.75, 3.05) is 20.6 Å². The summed E-state index contributed by atoms with van der Waals surface area (Å²) in [5.41, 5.74) is -1.18. The summed E-state index contributed by atoms with van der Waals surface area (Å²) in [5.74, 6) is -0.0559. The Kier molecular flexibility index (Phi) is 4.02. The Morgan fingerprint density at radius 3 is 2.10 bits per heavy atom. The summed E-state index contributed by atoms with van der Waals surface area (Å²) in [5, 5.41) is 2.90. The summed E-state index contributed by atoms with van der Waals surface area (Å²) in [4.78, 5) is 26.2. The van der Waals surface area contributed by atoms with Crippen LogP contribution in [0.2, 0.25) is 0 Å². The maximum atomic E-state index is 12.4. The average Bonchev–Trinajstić information content (AvgIpc) is 2.77. The second kappa shape index (κ2) is 5.06. The molecule has 2 rings (SSSR count). The van der Waals surface area contributed by atoms with Crippen LogP contribution in [0.5, 0.6) is 0 Å². The molecule has 0 aromatic heterocycles. The van der Waals surface area contributed by atoms with Gasteiger partial charge in [-0.05, 0) is 26.2 Å². The van der Waals surface area contributed by atoms with E-state index in [0.717, 1.165) is 25.7 Å². The van der Waals surface area contributed by atoms with Crippen LogP contribution in [0.3, 0.4) is 0 Å². The molecule has 20 heavy (non-hydrogen) atoms. The monoisotopic (exact) mass is 320 g/mol. The van der Waals surface area contributed by atoms with Crippen molar-refractivity contribution >= 4 is 35.0 Å². The fourth-order valence-corrected chi connectivity index (χ4v) is 3.79. The van der Waals surface area contributed by atoms with Crippen molar-refractivity contribution in [2.24, 2.45) is 10.8 Å². The smallest absolute Gasteiger partial charge is 0.230 e. The zero-order valence-electron chi connectivity index (χ0n) is 12.3. The Hall–Kier alpha value is -0.480. The molecule has 0 bridgehead atoms. The summed E-state index contributed by atoms with van der Waals surface area (Å²) >= 11 is 12.0. The summed E-state index contributed by atoms with van der Waals surface area (Å²) in [7, 11) is 3.52. The van der Waals surface area contributed by atoms with Gasteiger partial charge in [-0.25, -0.2) is 0 Å². The second-order valence-electron chi connectivity index (χ2n) is 6.58. The van der Waals surface area contributed by atoms with Gasteiger partial charge < -0.3 is 10.2 Å². The highest BCUT2D eigenvalue weighted by atomic mass is 35.5. The summed E-state index contributed by atoms with van der Waals surface area (Å²) in [6.07, 6.45) is 4.18. The molecule has 6 heteroatoms. The molecule has 1 atom stereocenters. The van der Waals surface area contributed by atoms with Gasteiger partial charge in [0.25, 0.3) is 0 Å². The molecule has 0 heterocycles. The topological polar surface area (TPSA) is 49.4 Å². The van der Waals surface area contributed by atoms with Crippen molar-refractivity contribution < 1.29 is 9.59 Å². The van der Waals surface area contributed by atoms with Crippen LogP contribution in [-0.4, -0.2) is 41.7 Å². The minimum Gasteiger partial charge on any atom is -0.354 e. The molecule has 2 fully saturated rings. The SMILES string of the molecule is CN(C)C(=O)C1(CNC(=O)C2(C)CC2(Cl)Cl)CCCC1. The molecule has 0 aromatic carbocycles. The Morgan fingerprint density at radius 1 is 1.20 bits per heavy atom. The summed E-state index contributed by atoms with van der Waals surface area (Å²) in [6.45, 7) is 2.14. The lowest BCUT2D eigenvalue weighted by Crippen LogP contribution is -2.48. The van der Waals surface area contributed by atoms with Gasteiger partial charge in [0.1, 0.15) is 4.33 Å². The Bertz CT molecular complexity index is 431. The van der Waals surface area contributed by atoms with E-state index in [9.17, 15) is 9.59 Å². The van der Waals surface area contributed by atoms with E-state index in [-0.39, 0.29) is 11.8 Å². The summed E-state index contributed by atoms with van der Waals surface area (Å²) in [6, 6.07) is 0. The molecule has 1 N–H and O–H groups in total. The molecule has 2 saturated carbocycles. The zero-order chi connectivity index (χ0) is 15.2. The quantitative estimate of drug-likeness (QED) is 0.808. The maximum absolute atomic E-state index is 12.4. The minimum atomic E-state index is -0.967. The largest absolute Gasteiger partial charge is 0.354 e. The molecule has 1 unspecified atom stereocenters. The van der Waals surface area contributed by atoms with E-state index in [1.54, 1.807) is 25.9 Å². The van der Waals surface area contributed by atoms with Crippen LogP contribution < -0.4 is 5.32 Å². The predicted molar refractivity (Wildman–Crippen MR) is 79.8 cm³/mol. The average molecular weight is 321 g/mol. The van der Waals surface area contributed by atoms with Gasteiger partial charge in [-0.15, -0.1) is 23.2 Å². The van der Waals surface area contributed by atoms with E-state index in [4.69, 9.17) is 23.2 Å². The zero-order valence-corrected chi connectivity index (χ0v) is 13.8. The van der Waals surface area contributed by atoms with E-state index in [1.165, 1.54) is 0 Å². The highest BCUT2D eigenvalue weighted by Gasteiger charge is 2.68. The number of halogens is 2. The lowest BCUT2D eigenvalue weighted by atomic mass is 9.84. The second-order valence-corrected chi connectivity index (χ2v) is 8.07. The van der Waals surface area contributed by atoms with Crippen molar-refractivity contribution in [3.05, 3.63) is 0 Å². The number of nitrogens with one attached hydrogen (secondary N) is 1. The fraction of sp³-hybridized carbons (Fsp3) is 0.857. The first-order valence-electron chi connectivity index (χ1n) is 7.03. The Labute approximate surface area is 130 Å². The molecule has 4 nitrogen and oxygen atoms in total. The standard InChI is InChI=1S/C14H22Cl2N2O2/c1-12(8-14(12,15)16)10(19)17-9-13(6-4-5-7-13)11(20)18(2)3/h4-9H2,1-3H3,(H,17,19).